The SMILES string of the molecule is CCN1CCCC1CNC(PC)c1ccc(OCCCN(C)C)cc1. The zero-order chi connectivity index (χ0) is 18.1. The third kappa shape index (κ3) is 6.86. The van der Waals surface area contributed by atoms with Gasteiger partial charge in [0.05, 0.1) is 6.61 Å². The molecule has 0 aliphatic carbocycles. The van der Waals surface area contributed by atoms with Crippen LogP contribution in [0.15, 0.2) is 24.3 Å². The summed E-state index contributed by atoms with van der Waals surface area (Å²) in [5.74, 6) is 1.44. The van der Waals surface area contributed by atoms with Gasteiger partial charge in [-0.15, -0.1) is 8.58 Å². The van der Waals surface area contributed by atoms with Crippen LogP contribution in [0, 0.1) is 0 Å². The van der Waals surface area contributed by atoms with Crippen LogP contribution in [0.25, 0.3) is 0 Å². The molecule has 1 saturated heterocycles. The van der Waals surface area contributed by atoms with Gasteiger partial charge >= 0.3 is 0 Å². The Labute approximate surface area is 156 Å². The lowest BCUT2D eigenvalue weighted by atomic mass is 10.2. The first-order valence-corrected chi connectivity index (χ1v) is 11.2. The fourth-order valence-electron chi connectivity index (χ4n) is 3.51. The van der Waals surface area contributed by atoms with Crippen molar-refractivity contribution in [1.29, 1.82) is 0 Å². The lowest BCUT2D eigenvalue weighted by Gasteiger charge is -2.26. The number of hydrogen-bond donors (Lipinski definition) is 1. The van der Waals surface area contributed by atoms with E-state index >= 15 is 0 Å². The zero-order valence-electron chi connectivity index (χ0n) is 16.4. The molecule has 1 heterocycles. The molecule has 2 rings (SSSR count). The molecule has 3 atom stereocenters. The molecule has 142 valence electrons. The molecule has 0 amide bonds. The highest BCUT2D eigenvalue weighted by Crippen LogP contribution is 2.30. The van der Waals surface area contributed by atoms with Gasteiger partial charge < -0.3 is 15.0 Å². The summed E-state index contributed by atoms with van der Waals surface area (Å²) in [4.78, 5) is 4.79. The van der Waals surface area contributed by atoms with Crippen molar-refractivity contribution in [2.45, 2.75) is 38.0 Å². The van der Waals surface area contributed by atoms with Crippen molar-refractivity contribution in [1.82, 2.24) is 15.1 Å². The summed E-state index contributed by atoms with van der Waals surface area (Å²) in [7, 11) is 5.05. The minimum Gasteiger partial charge on any atom is -0.494 e. The molecule has 5 heteroatoms. The third-order valence-electron chi connectivity index (χ3n) is 4.98. The Morgan fingerprint density at radius 1 is 1.32 bits per heavy atom. The first-order chi connectivity index (χ1) is 12.1. The summed E-state index contributed by atoms with van der Waals surface area (Å²) in [5, 5.41) is 3.80. The monoisotopic (exact) mass is 365 g/mol. The Bertz CT molecular complexity index is 480. The van der Waals surface area contributed by atoms with Gasteiger partial charge in [0.25, 0.3) is 0 Å². The molecule has 0 radical (unpaired) electrons. The van der Waals surface area contributed by atoms with E-state index in [0.717, 1.165) is 40.4 Å². The molecule has 1 fully saturated rings. The van der Waals surface area contributed by atoms with Crippen LogP contribution in [0.1, 0.15) is 37.5 Å². The number of rotatable bonds is 11. The van der Waals surface area contributed by atoms with E-state index in [1.807, 2.05) is 0 Å². The third-order valence-corrected chi connectivity index (χ3v) is 6.10. The van der Waals surface area contributed by atoms with E-state index in [2.05, 4.69) is 67.1 Å². The van der Waals surface area contributed by atoms with Crippen molar-refractivity contribution < 1.29 is 4.74 Å². The highest BCUT2D eigenvalue weighted by molar-refractivity contribution is 7.37. The second-order valence-corrected chi connectivity index (χ2v) is 8.28. The van der Waals surface area contributed by atoms with Crippen LogP contribution >= 0.6 is 8.58 Å². The Morgan fingerprint density at radius 2 is 2.08 bits per heavy atom. The van der Waals surface area contributed by atoms with Crippen molar-refractivity contribution >= 4 is 8.58 Å². The molecule has 1 aliphatic rings. The Balaban J connectivity index is 1.79. The van der Waals surface area contributed by atoms with Crippen molar-refractivity contribution in [3.63, 3.8) is 0 Å². The second-order valence-electron chi connectivity index (χ2n) is 7.13. The minimum absolute atomic E-state index is 0.460. The first kappa shape index (κ1) is 20.6. The maximum atomic E-state index is 5.84. The lowest BCUT2D eigenvalue weighted by molar-refractivity contribution is 0.259. The molecule has 0 saturated carbocycles. The molecule has 1 aromatic carbocycles. The topological polar surface area (TPSA) is 27.7 Å². The van der Waals surface area contributed by atoms with Crippen LogP contribution in [-0.2, 0) is 0 Å². The summed E-state index contributed by atoms with van der Waals surface area (Å²) in [6.07, 6.45) is 3.74. The predicted molar refractivity (Wildman–Crippen MR) is 110 cm³/mol. The van der Waals surface area contributed by atoms with Crippen molar-refractivity contribution in [2.75, 3.05) is 53.5 Å². The van der Waals surface area contributed by atoms with Crippen molar-refractivity contribution in [3.8, 4) is 5.75 Å². The quantitative estimate of drug-likeness (QED) is 0.480. The number of likely N-dealkylation sites (tertiary alicyclic amines) is 1. The number of likely N-dealkylation sites (N-methyl/N-ethyl adjacent to an activating group) is 1. The lowest BCUT2D eigenvalue weighted by Crippen LogP contribution is -2.38. The summed E-state index contributed by atoms with van der Waals surface area (Å²) in [5.41, 5.74) is 1.38. The molecule has 1 N–H and O–H groups in total. The summed E-state index contributed by atoms with van der Waals surface area (Å²) in [6, 6.07) is 9.40. The predicted octanol–water partition coefficient (Wildman–Crippen LogP) is 3.40. The van der Waals surface area contributed by atoms with Crippen LogP contribution < -0.4 is 10.1 Å². The van der Waals surface area contributed by atoms with E-state index in [4.69, 9.17) is 4.74 Å². The average molecular weight is 366 g/mol. The highest BCUT2D eigenvalue weighted by atomic mass is 31.1. The number of ether oxygens (including phenoxy) is 1. The van der Waals surface area contributed by atoms with Crippen molar-refractivity contribution in [3.05, 3.63) is 29.8 Å². The normalized spacial score (nSPS) is 20.0. The highest BCUT2D eigenvalue weighted by Gasteiger charge is 2.23. The van der Waals surface area contributed by atoms with E-state index in [1.54, 1.807) is 0 Å². The van der Waals surface area contributed by atoms with Crippen LogP contribution in [0.3, 0.4) is 0 Å². The summed E-state index contributed by atoms with van der Waals surface area (Å²) in [6.45, 7) is 9.94. The van der Waals surface area contributed by atoms with Gasteiger partial charge in [-0.3, -0.25) is 4.90 Å². The smallest absolute Gasteiger partial charge is 0.119 e. The van der Waals surface area contributed by atoms with E-state index in [1.165, 1.54) is 31.5 Å². The fraction of sp³-hybridized carbons (Fsp3) is 0.700. The van der Waals surface area contributed by atoms with Gasteiger partial charge in [0.15, 0.2) is 0 Å². The standard InChI is InChI=1S/C20H36N3OP/c1-5-23-14-6-8-18(23)16-21-20(25-4)17-9-11-19(12-10-17)24-15-7-13-22(2)3/h9-12,18,20-21,25H,5-8,13-16H2,1-4H3. The number of benzene rings is 1. The zero-order valence-corrected chi connectivity index (χ0v) is 17.4. The van der Waals surface area contributed by atoms with Gasteiger partial charge in [-0.25, -0.2) is 0 Å². The van der Waals surface area contributed by atoms with Gasteiger partial charge in [0.2, 0.25) is 0 Å². The maximum absolute atomic E-state index is 5.84. The van der Waals surface area contributed by atoms with Crippen LogP contribution in [0.4, 0.5) is 0 Å². The number of hydrogen-bond acceptors (Lipinski definition) is 4. The molecule has 25 heavy (non-hydrogen) atoms. The van der Waals surface area contributed by atoms with E-state index in [9.17, 15) is 0 Å². The molecule has 0 bridgehead atoms. The van der Waals surface area contributed by atoms with E-state index < -0.39 is 0 Å². The molecule has 3 unspecified atom stereocenters. The Kier molecular flexibility index (Phi) is 9.19. The molecule has 1 aliphatic heterocycles. The maximum Gasteiger partial charge on any atom is 0.119 e. The molecule has 4 nitrogen and oxygen atoms in total. The van der Waals surface area contributed by atoms with Crippen molar-refractivity contribution in [2.24, 2.45) is 0 Å². The van der Waals surface area contributed by atoms with Gasteiger partial charge in [-0.2, -0.15) is 0 Å². The second kappa shape index (κ2) is 11.1. The van der Waals surface area contributed by atoms with Gasteiger partial charge in [-0.05, 0) is 70.8 Å². The number of nitrogens with one attached hydrogen (secondary N) is 1. The van der Waals surface area contributed by atoms with Crippen LogP contribution in [0.2, 0.25) is 0 Å². The van der Waals surface area contributed by atoms with Crippen LogP contribution in [0.5, 0.6) is 5.75 Å². The molecule has 0 aromatic heterocycles. The summed E-state index contributed by atoms with van der Waals surface area (Å²) >= 11 is 0. The Morgan fingerprint density at radius 3 is 2.72 bits per heavy atom. The van der Waals surface area contributed by atoms with Crippen LogP contribution in [-0.4, -0.2) is 69.4 Å². The van der Waals surface area contributed by atoms with E-state index in [0.29, 0.717) is 11.8 Å². The van der Waals surface area contributed by atoms with Gasteiger partial charge in [0.1, 0.15) is 5.75 Å². The first-order valence-electron chi connectivity index (χ1n) is 9.66. The molecule has 1 aromatic rings. The summed E-state index contributed by atoms with van der Waals surface area (Å²) < 4.78 is 5.84. The number of nitrogens with zero attached hydrogens (tertiary/aromatic N) is 2. The fourth-order valence-corrected chi connectivity index (χ4v) is 4.36. The van der Waals surface area contributed by atoms with Gasteiger partial charge in [0, 0.05) is 24.9 Å². The average Bonchev–Trinajstić information content (AvgIpc) is 3.08. The minimum atomic E-state index is 0.460. The largest absolute Gasteiger partial charge is 0.494 e. The molecular weight excluding hydrogens is 329 g/mol. The Hall–Kier alpha value is -0.670. The molecular formula is C20H36N3OP. The molecule has 0 spiro atoms. The van der Waals surface area contributed by atoms with Gasteiger partial charge in [-0.1, -0.05) is 19.1 Å². The van der Waals surface area contributed by atoms with E-state index in [-0.39, 0.29) is 0 Å².